The summed E-state index contributed by atoms with van der Waals surface area (Å²) in [6.07, 6.45) is 0. The van der Waals surface area contributed by atoms with Crippen molar-refractivity contribution < 1.29 is 14.3 Å². The average molecular weight is 273 g/mol. The van der Waals surface area contributed by atoms with E-state index in [0.717, 1.165) is 0 Å². The number of halogens is 1. The Kier molecular flexibility index (Phi) is 7.00. The van der Waals surface area contributed by atoms with E-state index in [1.165, 1.54) is 7.11 Å². The molecule has 18 heavy (non-hydrogen) atoms. The van der Waals surface area contributed by atoms with Crippen molar-refractivity contribution >= 4 is 24.3 Å². The van der Waals surface area contributed by atoms with Crippen LogP contribution in [0.1, 0.15) is 18.5 Å². The van der Waals surface area contributed by atoms with E-state index in [2.05, 4.69) is 10.1 Å². The third kappa shape index (κ3) is 4.35. The Morgan fingerprint density at radius 2 is 1.83 bits per heavy atom. The molecule has 0 fully saturated rings. The van der Waals surface area contributed by atoms with Crippen LogP contribution in [0.3, 0.4) is 0 Å². The fraction of sp³-hybridized carbons (Fsp3) is 0.333. The summed E-state index contributed by atoms with van der Waals surface area (Å²) in [5.41, 5.74) is 6.10. The average Bonchev–Trinajstić information content (AvgIpc) is 2.35. The van der Waals surface area contributed by atoms with Gasteiger partial charge in [-0.05, 0) is 12.5 Å². The van der Waals surface area contributed by atoms with Crippen LogP contribution in [0.4, 0.5) is 0 Å². The standard InChI is InChI=1S/C12H16N2O3.ClH/c1-8(13)11(15)14-10(12(16)17-2)9-6-4-3-5-7-9;/h3-8,10H,13H2,1-2H3,(H,14,15);1H/t8-,10-;/m0./s1. The maximum Gasteiger partial charge on any atom is 0.333 e. The molecule has 0 aromatic heterocycles. The third-order valence-electron chi connectivity index (χ3n) is 2.27. The monoisotopic (exact) mass is 272 g/mol. The normalized spacial score (nSPS) is 12.8. The first kappa shape index (κ1) is 16.4. The molecule has 1 aromatic rings. The van der Waals surface area contributed by atoms with Crippen LogP contribution in [0.5, 0.6) is 0 Å². The second-order valence-corrected chi connectivity index (χ2v) is 3.66. The number of carbonyl (C=O) groups is 2. The van der Waals surface area contributed by atoms with Crippen molar-refractivity contribution in [3.63, 3.8) is 0 Å². The number of ether oxygens (including phenoxy) is 1. The number of benzene rings is 1. The first-order valence-electron chi connectivity index (χ1n) is 5.25. The van der Waals surface area contributed by atoms with Gasteiger partial charge in [-0.2, -0.15) is 0 Å². The summed E-state index contributed by atoms with van der Waals surface area (Å²) in [6, 6.07) is 7.37. The number of hydrogen-bond acceptors (Lipinski definition) is 4. The Labute approximate surface area is 112 Å². The zero-order valence-electron chi connectivity index (χ0n) is 10.3. The number of rotatable bonds is 4. The van der Waals surface area contributed by atoms with E-state index in [1.807, 2.05) is 6.07 Å². The van der Waals surface area contributed by atoms with Gasteiger partial charge in [-0.3, -0.25) is 4.79 Å². The summed E-state index contributed by atoms with van der Waals surface area (Å²) in [5, 5.41) is 2.54. The Hall–Kier alpha value is -1.59. The lowest BCUT2D eigenvalue weighted by molar-refractivity contribution is -0.145. The van der Waals surface area contributed by atoms with Crippen molar-refractivity contribution in [1.82, 2.24) is 5.32 Å². The highest BCUT2D eigenvalue weighted by molar-refractivity contribution is 5.87. The molecule has 0 saturated carbocycles. The number of nitrogens with one attached hydrogen (secondary N) is 1. The first-order valence-corrected chi connectivity index (χ1v) is 5.25. The largest absolute Gasteiger partial charge is 0.467 e. The second kappa shape index (κ2) is 7.68. The molecule has 100 valence electrons. The van der Waals surface area contributed by atoms with E-state index in [9.17, 15) is 9.59 Å². The molecular formula is C12H17ClN2O3. The van der Waals surface area contributed by atoms with E-state index < -0.39 is 24.0 Å². The zero-order valence-corrected chi connectivity index (χ0v) is 11.1. The Morgan fingerprint density at radius 1 is 1.28 bits per heavy atom. The maximum absolute atomic E-state index is 11.6. The van der Waals surface area contributed by atoms with Gasteiger partial charge in [0.15, 0.2) is 6.04 Å². The molecular weight excluding hydrogens is 256 g/mol. The lowest BCUT2D eigenvalue weighted by Crippen LogP contribution is -2.43. The van der Waals surface area contributed by atoms with Gasteiger partial charge in [0.05, 0.1) is 13.2 Å². The molecule has 3 N–H and O–H groups in total. The predicted octanol–water partition coefficient (Wildman–Crippen LogP) is 0.786. The SMILES string of the molecule is COC(=O)[C@@H](NC(=O)[C@H](C)N)c1ccccc1.Cl. The zero-order chi connectivity index (χ0) is 12.8. The van der Waals surface area contributed by atoms with Crippen molar-refractivity contribution in [1.29, 1.82) is 0 Å². The summed E-state index contributed by atoms with van der Waals surface area (Å²) >= 11 is 0. The van der Waals surface area contributed by atoms with E-state index in [-0.39, 0.29) is 12.4 Å². The molecule has 5 nitrogen and oxygen atoms in total. The minimum atomic E-state index is -0.820. The van der Waals surface area contributed by atoms with Gasteiger partial charge in [0.2, 0.25) is 5.91 Å². The highest BCUT2D eigenvalue weighted by Crippen LogP contribution is 2.14. The van der Waals surface area contributed by atoms with Gasteiger partial charge in [-0.1, -0.05) is 30.3 Å². The van der Waals surface area contributed by atoms with Crippen molar-refractivity contribution in [3.05, 3.63) is 35.9 Å². The van der Waals surface area contributed by atoms with Crippen molar-refractivity contribution in [2.75, 3.05) is 7.11 Å². The van der Waals surface area contributed by atoms with E-state index in [1.54, 1.807) is 31.2 Å². The molecule has 0 heterocycles. The molecule has 0 aliphatic heterocycles. The van der Waals surface area contributed by atoms with Crippen molar-refractivity contribution in [2.45, 2.75) is 19.0 Å². The number of esters is 1. The third-order valence-corrected chi connectivity index (χ3v) is 2.27. The molecule has 0 spiro atoms. The number of amides is 1. The molecule has 0 unspecified atom stereocenters. The van der Waals surface area contributed by atoms with Crippen LogP contribution in [-0.4, -0.2) is 25.0 Å². The van der Waals surface area contributed by atoms with Crippen LogP contribution < -0.4 is 11.1 Å². The van der Waals surface area contributed by atoms with Crippen LogP contribution in [0, 0.1) is 0 Å². The fourth-order valence-corrected chi connectivity index (χ4v) is 1.32. The number of hydrogen-bond donors (Lipinski definition) is 2. The van der Waals surface area contributed by atoms with Crippen LogP contribution in [0.25, 0.3) is 0 Å². The molecule has 1 rings (SSSR count). The van der Waals surface area contributed by atoms with Gasteiger partial charge in [0, 0.05) is 0 Å². The lowest BCUT2D eigenvalue weighted by Gasteiger charge is -2.18. The van der Waals surface area contributed by atoms with Gasteiger partial charge >= 0.3 is 5.97 Å². The molecule has 0 aliphatic rings. The van der Waals surface area contributed by atoms with Crippen LogP contribution in [0.2, 0.25) is 0 Å². The Morgan fingerprint density at radius 3 is 2.28 bits per heavy atom. The first-order chi connectivity index (χ1) is 8.06. The van der Waals surface area contributed by atoms with Crippen molar-refractivity contribution in [3.8, 4) is 0 Å². The molecule has 2 atom stereocenters. The lowest BCUT2D eigenvalue weighted by atomic mass is 10.1. The van der Waals surface area contributed by atoms with Crippen LogP contribution in [0.15, 0.2) is 30.3 Å². The number of methoxy groups -OCH3 is 1. The molecule has 0 aliphatic carbocycles. The van der Waals surface area contributed by atoms with Crippen LogP contribution in [-0.2, 0) is 14.3 Å². The number of carbonyl (C=O) groups excluding carboxylic acids is 2. The highest BCUT2D eigenvalue weighted by Gasteiger charge is 2.24. The molecule has 6 heteroatoms. The van der Waals surface area contributed by atoms with Gasteiger partial charge in [0.25, 0.3) is 0 Å². The summed E-state index contributed by atoms with van der Waals surface area (Å²) in [7, 11) is 1.27. The Bertz CT molecular complexity index is 396. The van der Waals surface area contributed by atoms with Gasteiger partial charge in [0.1, 0.15) is 0 Å². The fourth-order valence-electron chi connectivity index (χ4n) is 1.32. The summed E-state index contributed by atoms with van der Waals surface area (Å²) in [6.45, 7) is 1.55. The van der Waals surface area contributed by atoms with Gasteiger partial charge in [-0.25, -0.2) is 4.79 Å². The van der Waals surface area contributed by atoms with Crippen molar-refractivity contribution in [2.24, 2.45) is 5.73 Å². The minimum Gasteiger partial charge on any atom is -0.467 e. The molecule has 1 aromatic carbocycles. The van der Waals surface area contributed by atoms with Gasteiger partial charge in [-0.15, -0.1) is 12.4 Å². The van der Waals surface area contributed by atoms with E-state index in [4.69, 9.17) is 5.73 Å². The van der Waals surface area contributed by atoms with E-state index in [0.29, 0.717) is 5.56 Å². The number of nitrogens with two attached hydrogens (primary N) is 1. The maximum atomic E-state index is 11.6. The molecule has 0 bridgehead atoms. The van der Waals surface area contributed by atoms with Crippen LogP contribution >= 0.6 is 12.4 Å². The second-order valence-electron chi connectivity index (χ2n) is 3.66. The molecule has 1 amide bonds. The summed E-state index contributed by atoms with van der Waals surface area (Å²) < 4.78 is 4.65. The predicted molar refractivity (Wildman–Crippen MR) is 70.2 cm³/mol. The quantitative estimate of drug-likeness (QED) is 0.794. The summed E-state index contributed by atoms with van der Waals surface area (Å²) in [5.74, 6) is -0.922. The minimum absolute atomic E-state index is 0. The molecule has 0 saturated heterocycles. The highest BCUT2D eigenvalue weighted by atomic mass is 35.5. The smallest absolute Gasteiger partial charge is 0.333 e. The van der Waals surface area contributed by atoms with E-state index >= 15 is 0 Å². The Balaban J connectivity index is 0.00000289. The summed E-state index contributed by atoms with van der Waals surface area (Å²) in [4.78, 5) is 23.1. The van der Waals surface area contributed by atoms with Gasteiger partial charge < -0.3 is 15.8 Å². The topological polar surface area (TPSA) is 81.4 Å². The molecule has 0 radical (unpaired) electrons.